The fraction of sp³-hybridized carbons (Fsp3) is 0.345. The van der Waals surface area contributed by atoms with Crippen molar-refractivity contribution in [2.45, 2.75) is 55.6 Å². The van der Waals surface area contributed by atoms with E-state index < -0.39 is 0 Å². The Hall–Kier alpha value is -3.36. The Kier molecular flexibility index (Phi) is 9.19. The number of benzene rings is 3. The van der Waals surface area contributed by atoms with Gasteiger partial charge in [0.1, 0.15) is 0 Å². The Morgan fingerprint density at radius 2 is 1.78 bits per heavy atom. The molecule has 0 unspecified atom stereocenters. The predicted octanol–water partition coefficient (Wildman–Crippen LogP) is 6.25. The molecular formula is C29H34N4O3S. The Bertz CT molecular complexity index is 1200. The van der Waals surface area contributed by atoms with Gasteiger partial charge in [-0.1, -0.05) is 59.8 Å². The molecule has 8 heteroatoms. The molecule has 1 fully saturated rings. The van der Waals surface area contributed by atoms with Gasteiger partial charge < -0.3 is 10.2 Å². The number of likely N-dealkylation sites (tertiary alicyclic amines) is 1. The molecule has 1 aliphatic heterocycles. The van der Waals surface area contributed by atoms with Gasteiger partial charge in [-0.25, -0.2) is 4.79 Å². The molecule has 3 aromatic carbocycles. The number of carbonyl (C=O) groups excluding carboxylic acids is 1. The maximum atomic E-state index is 13.2. The van der Waals surface area contributed by atoms with E-state index in [-0.39, 0.29) is 22.7 Å². The molecule has 37 heavy (non-hydrogen) atoms. The lowest BCUT2D eigenvalue weighted by Gasteiger charge is -2.38. The van der Waals surface area contributed by atoms with Crippen LogP contribution in [-0.2, 0) is 13.1 Å². The summed E-state index contributed by atoms with van der Waals surface area (Å²) in [5.74, 6) is 0. The van der Waals surface area contributed by atoms with Gasteiger partial charge in [-0.15, -0.1) is 0 Å². The van der Waals surface area contributed by atoms with Gasteiger partial charge in [0.15, 0.2) is 0 Å². The number of carbonyl (C=O) groups is 1. The van der Waals surface area contributed by atoms with Gasteiger partial charge in [0.05, 0.1) is 4.92 Å². The number of rotatable bonds is 9. The van der Waals surface area contributed by atoms with Crippen LogP contribution >= 0.6 is 11.8 Å². The Labute approximate surface area is 223 Å². The van der Waals surface area contributed by atoms with Gasteiger partial charge >= 0.3 is 6.03 Å². The van der Waals surface area contributed by atoms with Crippen molar-refractivity contribution in [1.82, 2.24) is 15.1 Å². The van der Waals surface area contributed by atoms with Crippen molar-refractivity contribution >= 4 is 23.5 Å². The second kappa shape index (κ2) is 12.7. The minimum atomic E-state index is -0.373. The van der Waals surface area contributed by atoms with Crippen LogP contribution in [-0.4, -0.2) is 46.4 Å². The molecule has 0 saturated carbocycles. The lowest BCUT2D eigenvalue weighted by molar-refractivity contribution is -0.385. The summed E-state index contributed by atoms with van der Waals surface area (Å²) in [6.45, 7) is 7.50. The van der Waals surface area contributed by atoms with Crippen LogP contribution in [0.2, 0.25) is 0 Å². The van der Waals surface area contributed by atoms with Gasteiger partial charge in [0.25, 0.3) is 5.69 Å². The van der Waals surface area contributed by atoms with Gasteiger partial charge in [-0.2, -0.15) is 0 Å². The van der Waals surface area contributed by atoms with E-state index in [1.165, 1.54) is 11.1 Å². The zero-order chi connectivity index (χ0) is 26.2. The number of piperidine rings is 1. The molecule has 7 nitrogen and oxygen atoms in total. The molecule has 0 bridgehead atoms. The summed E-state index contributed by atoms with van der Waals surface area (Å²) in [6.07, 6.45) is 1.72. The third kappa shape index (κ3) is 7.33. The van der Waals surface area contributed by atoms with Crippen LogP contribution in [0.25, 0.3) is 0 Å². The van der Waals surface area contributed by atoms with Crippen LogP contribution in [0.3, 0.4) is 0 Å². The molecule has 1 aliphatic rings. The minimum Gasteiger partial charge on any atom is -0.338 e. The van der Waals surface area contributed by atoms with Crippen molar-refractivity contribution in [3.8, 4) is 0 Å². The normalized spacial score (nSPS) is 14.3. The topological polar surface area (TPSA) is 78.7 Å². The maximum absolute atomic E-state index is 13.2. The van der Waals surface area contributed by atoms with Crippen LogP contribution in [0, 0.1) is 17.0 Å². The van der Waals surface area contributed by atoms with E-state index in [1.807, 2.05) is 24.8 Å². The third-order valence-electron chi connectivity index (χ3n) is 6.68. The molecule has 4 rings (SSSR count). The average molecular weight is 519 g/mol. The van der Waals surface area contributed by atoms with Gasteiger partial charge in [-0.3, -0.25) is 15.0 Å². The summed E-state index contributed by atoms with van der Waals surface area (Å²) in [6, 6.07) is 23.5. The number of nitrogens with zero attached hydrogens (tertiary/aromatic N) is 3. The molecule has 3 aromatic rings. The molecule has 0 aromatic heterocycles. The van der Waals surface area contributed by atoms with Gasteiger partial charge in [0, 0.05) is 60.7 Å². The van der Waals surface area contributed by atoms with E-state index in [4.69, 9.17) is 0 Å². The number of urea groups is 1. The minimum absolute atomic E-state index is 0.0387. The highest BCUT2D eigenvalue weighted by molar-refractivity contribution is 7.99. The summed E-state index contributed by atoms with van der Waals surface area (Å²) in [7, 11) is 0. The van der Waals surface area contributed by atoms with E-state index in [0.29, 0.717) is 13.1 Å². The first kappa shape index (κ1) is 26.7. The van der Waals surface area contributed by atoms with Crippen molar-refractivity contribution in [2.75, 3.05) is 19.6 Å². The molecule has 0 spiro atoms. The van der Waals surface area contributed by atoms with E-state index in [9.17, 15) is 14.9 Å². The summed E-state index contributed by atoms with van der Waals surface area (Å²) in [5.41, 5.74) is 3.29. The monoisotopic (exact) mass is 518 g/mol. The standard InChI is InChI=1S/C29H34N4O3S/c1-3-30-29(34)32(25-15-17-31(18-16-25)20-23-7-5-4-6-8-23)21-24-19-26(33(35)36)11-14-28(24)37-27-12-9-22(2)10-13-27/h4-14,19,25H,3,15-18,20-21H2,1-2H3,(H,30,34). The molecule has 1 saturated heterocycles. The largest absolute Gasteiger partial charge is 0.338 e. The fourth-order valence-corrected chi connectivity index (χ4v) is 5.59. The van der Waals surface area contributed by atoms with Crippen molar-refractivity contribution in [2.24, 2.45) is 0 Å². The second-order valence-corrected chi connectivity index (χ2v) is 10.5. The Balaban J connectivity index is 1.53. The van der Waals surface area contributed by atoms with Gasteiger partial charge in [-0.05, 0) is 56.0 Å². The number of aryl methyl sites for hydroxylation is 1. The van der Waals surface area contributed by atoms with E-state index in [0.717, 1.165) is 47.8 Å². The molecule has 2 amide bonds. The third-order valence-corrected chi connectivity index (χ3v) is 7.81. The summed E-state index contributed by atoms with van der Waals surface area (Å²) < 4.78 is 0. The van der Waals surface area contributed by atoms with Crippen LogP contribution in [0.5, 0.6) is 0 Å². The van der Waals surface area contributed by atoms with Gasteiger partial charge in [0.2, 0.25) is 0 Å². The van der Waals surface area contributed by atoms with Crippen LogP contribution in [0.4, 0.5) is 10.5 Å². The summed E-state index contributed by atoms with van der Waals surface area (Å²) >= 11 is 1.57. The first-order chi connectivity index (χ1) is 17.9. The summed E-state index contributed by atoms with van der Waals surface area (Å²) in [4.78, 5) is 30.7. The van der Waals surface area contributed by atoms with Crippen molar-refractivity contribution < 1.29 is 9.72 Å². The number of hydrogen-bond donors (Lipinski definition) is 1. The molecule has 1 heterocycles. The van der Waals surface area contributed by atoms with Crippen LogP contribution < -0.4 is 5.32 Å². The van der Waals surface area contributed by atoms with Crippen molar-refractivity contribution in [3.05, 3.63) is 99.6 Å². The smallest absolute Gasteiger partial charge is 0.317 e. The lowest BCUT2D eigenvalue weighted by atomic mass is 10.0. The second-order valence-electron chi connectivity index (χ2n) is 9.42. The SMILES string of the molecule is CCNC(=O)N(Cc1cc([N+](=O)[O-])ccc1Sc1ccc(C)cc1)C1CCN(Cc2ccccc2)CC1. The number of hydrogen-bond acceptors (Lipinski definition) is 5. The highest BCUT2D eigenvalue weighted by Crippen LogP contribution is 2.34. The fourth-order valence-electron chi connectivity index (χ4n) is 4.67. The molecule has 0 aliphatic carbocycles. The summed E-state index contributed by atoms with van der Waals surface area (Å²) in [5, 5.41) is 14.5. The first-order valence-electron chi connectivity index (χ1n) is 12.8. The Morgan fingerprint density at radius 3 is 2.43 bits per heavy atom. The van der Waals surface area contributed by atoms with E-state index in [1.54, 1.807) is 30.0 Å². The zero-order valence-corrected chi connectivity index (χ0v) is 22.2. The van der Waals surface area contributed by atoms with Crippen LogP contribution in [0.15, 0.2) is 82.6 Å². The lowest BCUT2D eigenvalue weighted by Crippen LogP contribution is -2.50. The predicted molar refractivity (Wildman–Crippen MR) is 148 cm³/mol. The van der Waals surface area contributed by atoms with E-state index in [2.05, 4.69) is 58.7 Å². The quantitative estimate of drug-likeness (QED) is 0.268. The van der Waals surface area contributed by atoms with Crippen LogP contribution in [0.1, 0.15) is 36.5 Å². The first-order valence-corrected chi connectivity index (χ1v) is 13.6. The van der Waals surface area contributed by atoms with Crippen molar-refractivity contribution in [3.63, 3.8) is 0 Å². The number of nitrogens with one attached hydrogen (secondary N) is 1. The number of amides is 2. The molecule has 194 valence electrons. The van der Waals surface area contributed by atoms with Crippen molar-refractivity contribution in [1.29, 1.82) is 0 Å². The molecule has 0 atom stereocenters. The highest BCUT2D eigenvalue weighted by atomic mass is 32.2. The molecule has 1 N–H and O–H groups in total. The number of non-ortho nitro benzene ring substituents is 1. The molecule has 0 radical (unpaired) electrons. The number of nitro groups is 1. The average Bonchev–Trinajstić information content (AvgIpc) is 2.90. The number of nitro benzene ring substituents is 1. The van der Waals surface area contributed by atoms with E-state index >= 15 is 0 Å². The zero-order valence-electron chi connectivity index (χ0n) is 21.4. The molecular weight excluding hydrogens is 484 g/mol. The Morgan fingerprint density at radius 1 is 1.08 bits per heavy atom. The highest BCUT2D eigenvalue weighted by Gasteiger charge is 2.29. The maximum Gasteiger partial charge on any atom is 0.317 e.